The van der Waals surface area contributed by atoms with Gasteiger partial charge in [-0.3, -0.25) is 0 Å². The van der Waals surface area contributed by atoms with Crippen LogP contribution in [0, 0.1) is 6.92 Å². The summed E-state index contributed by atoms with van der Waals surface area (Å²) in [5.41, 5.74) is 1.01. The zero-order valence-corrected chi connectivity index (χ0v) is 17.5. The van der Waals surface area contributed by atoms with Crippen LogP contribution < -0.4 is 19.3 Å². The van der Waals surface area contributed by atoms with E-state index in [1.54, 1.807) is 14.2 Å². The number of aromatic hydroxyl groups is 1. The molecule has 0 bridgehead atoms. The number of piperazine rings is 1. The molecule has 4 rings (SSSR count). The van der Waals surface area contributed by atoms with Crippen molar-refractivity contribution in [3.63, 3.8) is 0 Å². The third kappa shape index (κ3) is 3.30. The number of nitrogens with zero attached hydrogens (tertiary/aromatic N) is 3. The average Bonchev–Trinajstić information content (AvgIpc) is 3.21. The lowest BCUT2D eigenvalue weighted by molar-refractivity contribution is -1.02. The second-order valence-electron chi connectivity index (χ2n) is 7.30. The average molecular weight is 406 g/mol. The molecule has 28 heavy (non-hydrogen) atoms. The smallest absolute Gasteiger partial charge is 0.235 e. The Balaban J connectivity index is 1.87. The van der Waals surface area contributed by atoms with Gasteiger partial charge in [0.15, 0.2) is 6.04 Å². The molecule has 0 saturated carbocycles. The summed E-state index contributed by atoms with van der Waals surface area (Å²) in [7, 11) is 5.56. The molecular weight excluding hydrogens is 378 g/mol. The topological polar surface area (TPSA) is 77.8 Å². The zero-order chi connectivity index (χ0) is 19.8. The van der Waals surface area contributed by atoms with E-state index >= 15 is 0 Å². The van der Waals surface area contributed by atoms with Gasteiger partial charge in [-0.2, -0.15) is 4.52 Å². The first kappa shape index (κ1) is 19.0. The fraction of sp³-hybridized carbons (Fsp3) is 0.474. The van der Waals surface area contributed by atoms with Gasteiger partial charge < -0.3 is 24.4 Å². The van der Waals surface area contributed by atoms with Crippen LogP contribution in [0.3, 0.4) is 0 Å². The number of quaternary nitrogens is 2. The number of methoxy groups -OCH3 is 2. The van der Waals surface area contributed by atoms with Crippen LogP contribution >= 0.6 is 11.3 Å². The molecule has 0 radical (unpaired) electrons. The normalized spacial score (nSPS) is 21.0. The van der Waals surface area contributed by atoms with Crippen LogP contribution in [0.25, 0.3) is 4.96 Å². The first-order valence-electron chi connectivity index (χ1n) is 9.44. The van der Waals surface area contributed by atoms with E-state index in [0.29, 0.717) is 10.8 Å². The van der Waals surface area contributed by atoms with Crippen molar-refractivity contribution in [3.05, 3.63) is 34.5 Å². The van der Waals surface area contributed by atoms with Crippen LogP contribution in [0.4, 0.5) is 0 Å². The van der Waals surface area contributed by atoms with E-state index in [4.69, 9.17) is 9.47 Å². The quantitative estimate of drug-likeness (QED) is 0.525. The number of aryl methyl sites for hydroxylation is 1. The maximum absolute atomic E-state index is 11.0. The van der Waals surface area contributed by atoms with Crippen LogP contribution in [0.1, 0.15) is 22.3 Å². The molecular formula is C19H27N5O3S+2. The molecule has 1 saturated heterocycles. The minimum absolute atomic E-state index is 0.0769. The first-order chi connectivity index (χ1) is 13.5. The Labute approximate surface area is 167 Å². The Kier molecular flexibility index (Phi) is 5.13. The molecule has 2 aromatic heterocycles. The fourth-order valence-corrected chi connectivity index (χ4v) is 5.11. The van der Waals surface area contributed by atoms with Crippen molar-refractivity contribution in [1.82, 2.24) is 14.6 Å². The number of hydrogen-bond donors (Lipinski definition) is 3. The molecule has 1 atom stereocenters. The Morgan fingerprint density at radius 3 is 2.57 bits per heavy atom. The highest BCUT2D eigenvalue weighted by Gasteiger charge is 2.37. The molecule has 150 valence electrons. The van der Waals surface area contributed by atoms with E-state index in [0.717, 1.165) is 48.1 Å². The Morgan fingerprint density at radius 1 is 1.18 bits per heavy atom. The summed E-state index contributed by atoms with van der Waals surface area (Å²) in [4.78, 5) is 8.93. The van der Waals surface area contributed by atoms with Crippen molar-refractivity contribution in [3.8, 4) is 17.4 Å². The molecule has 0 amide bonds. The number of nitrogens with one attached hydrogen (secondary N) is 2. The molecule has 8 nitrogen and oxygen atoms in total. The molecule has 0 spiro atoms. The third-order valence-electron chi connectivity index (χ3n) is 5.47. The molecule has 3 aromatic rings. The number of benzene rings is 1. The maximum Gasteiger partial charge on any atom is 0.235 e. The summed E-state index contributed by atoms with van der Waals surface area (Å²) in [5.74, 6) is 2.38. The molecule has 3 N–H and O–H groups in total. The predicted molar refractivity (Wildman–Crippen MR) is 106 cm³/mol. The number of fused-ring (bicyclic) bond motifs is 1. The van der Waals surface area contributed by atoms with Gasteiger partial charge in [0, 0.05) is 0 Å². The number of likely N-dealkylation sites (N-methyl/N-ethyl adjacent to an activating group) is 1. The third-order valence-corrected chi connectivity index (χ3v) is 6.55. The van der Waals surface area contributed by atoms with Gasteiger partial charge in [-0.15, -0.1) is 5.10 Å². The summed E-state index contributed by atoms with van der Waals surface area (Å²) in [6.45, 7) is 6.00. The predicted octanol–water partition coefficient (Wildman–Crippen LogP) is -0.675. The van der Waals surface area contributed by atoms with Crippen LogP contribution in [-0.4, -0.2) is 67.2 Å². The molecule has 0 unspecified atom stereocenters. The van der Waals surface area contributed by atoms with Crippen molar-refractivity contribution in [1.29, 1.82) is 0 Å². The van der Waals surface area contributed by atoms with Crippen molar-refractivity contribution in [2.45, 2.75) is 13.0 Å². The summed E-state index contributed by atoms with van der Waals surface area (Å²) in [6, 6.07) is 5.77. The van der Waals surface area contributed by atoms with Crippen molar-refractivity contribution in [2.24, 2.45) is 0 Å². The van der Waals surface area contributed by atoms with Gasteiger partial charge in [-0.1, -0.05) is 11.3 Å². The standard InChI is InChI=1S/C19H25N5O3S/c1-12-20-19-24(21-12)18(25)17(28-19)16(23-9-7-22(2)8-10-23)14-11-13(26-3)5-6-15(14)27-4/h5-6,11,16,25H,7-10H2,1-4H3/p+2/t16-/m1/s1. The molecule has 0 aliphatic carbocycles. The molecule has 1 aliphatic rings. The molecule has 1 aliphatic heterocycles. The number of hydrogen-bond acceptors (Lipinski definition) is 6. The van der Waals surface area contributed by atoms with Crippen LogP contribution in [0.5, 0.6) is 17.4 Å². The molecule has 3 heterocycles. The largest absolute Gasteiger partial charge is 0.497 e. The lowest BCUT2D eigenvalue weighted by Crippen LogP contribution is -3.27. The monoisotopic (exact) mass is 405 g/mol. The second kappa shape index (κ2) is 7.57. The minimum Gasteiger partial charge on any atom is -0.497 e. The summed E-state index contributed by atoms with van der Waals surface area (Å²) >= 11 is 1.49. The van der Waals surface area contributed by atoms with Gasteiger partial charge >= 0.3 is 0 Å². The zero-order valence-electron chi connectivity index (χ0n) is 16.7. The number of ether oxygens (including phenoxy) is 2. The van der Waals surface area contributed by atoms with Crippen LogP contribution in [-0.2, 0) is 0 Å². The SMILES string of the molecule is COc1ccc(OC)c([C@H](c2sc3nc(C)nn3c2O)[NH+]2CC[NH+](C)CC2)c1. The number of thiazole rings is 1. The highest BCUT2D eigenvalue weighted by Crippen LogP contribution is 2.39. The van der Waals surface area contributed by atoms with Crippen molar-refractivity contribution in [2.75, 3.05) is 47.4 Å². The van der Waals surface area contributed by atoms with Crippen LogP contribution in [0.15, 0.2) is 18.2 Å². The van der Waals surface area contributed by atoms with Gasteiger partial charge in [0.1, 0.15) is 48.4 Å². The lowest BCUT2D eigenvalue weighted by Gasteiger charge is -2.33. The van der Waals surface area contributed by atoms with Gasteiger partial charge in [-0.25, -0.2) is 4.98 Å². The lowest BCUT2D eigenvalue weighted by atomic mass is 10.0. The van der Waals surface area contributed by atoms with E-state index in [9.17, 15) is 5.11 Å². The highest BCUT2D eigenvalue weighted by atomic mass is 32.1. The van der Waals surface area contributed by atoms with E-state index in [1.807, 2.05) is 25.1 Å². The van der Waals surface area contributed by atoms with E-state index in [2.05, 4.69) is 17.1 Å². The first-order valence-corrected chi connectivity index (χ1v) is 10.3. The Morgan fingerprint density at radius 2 is 1.93 bits per heavy atom. The Hall–Kier alpha value is -2.36. The minimum atomic E-state index is -0.0769. The highest BCUT2D eigenvalue weighted by molar-refractivity contribution is 7.17. The van der Waals surface area contributed by atoms with Crippen molar-refractivity contribution >= 4 is 16.3 Å². The molecule has 1 aromatic carbocycles. The van der Waals surface area contributed by atoms with E-state index in [-0.39, 0.29) is 11.9 Å². The van der Waals surface area contributed by atoms with Gasteiger partial charge in [-0.05, 0) is 25.1 Å². The molecule has 9 heteroatoms. The van der Waals surface area contributed by atoms with Crippen molar-refractivity contribution < 1.29 is 24.4 Å². The maximum atomic E-state index is 11.0. The summed E-state index contributed by atoms with van der Waals surface area (Å²) in [5, 5.41) is 15.3. The summed E-state index contributed by atoms with van der Waals surface area (Å²) in [6.07, 6.45) is 0. The van der Waals surface area contributed by atoms with E-state index in [1.165, 1.54) is 25.7 Å². The number of rotatable bonds is 5. The van der Waals surface area contributed by atoms with Gasteiger partial charge in [0.2, 0.25) is 10.8 Å². The fourth-order valence-electron chi connectivity index (χ4n) is 3.93. The molecule has 1 fully saturated rings. The van der Waals surface area contributed by atoms with Gasteiger partial charge in [0.25, 0.3) is 0 Å². The van der Waals surface area contributed by atoms with Gasteiger partial charge in [0.05, 0.1) is 26.8 Å². The van der Waals surface area contributed by atoms with Crippen LogP contribution in [0.2, 0.25) is 0 Å². The second-order valence-corrected chi connectivity index (χ2v) is 8.31. The Bertz CT molecular complexity index is 978. The van der Waals surface area contributed by atoms with E-state index < -0.39 is 0 Å². The summed E-state index contributed by atoms with van der Waals surface area (Å²) < 4.78 is 12.7. The number of aromatic nitrogens is 3.